The molecule has 0 aliphatic carbocycles. The van der Waals surface area contributed by atoms with Gasteiger partial charge in [0.2, 0.25) is 5.95 Å². The average Bonchev–Trinajstić information content (AvgIpc) is 2.70. The van der Waals surface area contributed by atoms with Gasteiger partial charge in [-0.3, -0.25) is 0 Å². The molecule has 2 rings (SSSR count). The highest BCUT2D eigenvalue weighted by Gasteiger charge is 2.34. The molecule has 1 aliphatic heterocycles. The van der Waals surface area contributed by atoms with Crippen LogP contribution < -0.4 is 10.6 Å². The first kappa shape index (κ1) is 12.5. The quantitative estimate of drug-likeness (QED) is 0.828. The van der Waals surface area contributed by atoms with Gasteiger partial charge in [0.05, 0.1) is 0 Å². The van der Waals surface area contributed by atoms with Crippen LogP contribution in [0.15, 0.2) is 10.7 Å². The Morgan fingerprint density at radius 1 is 1.29 bits per heavy atom. The molecule has 0 saturated carbocycles. The second-order valence-corrected chi connectivity index (χ2v) is 4.68. The number of aromatic nitrogens is 2. The lowest BCUT2D eigenvalue weighted by Gasteiger charge is -2.15. The highest BCUT2D eigenvalue weighted by atomic mass is 79.9. The summed E-state index contributed by atoms with van der Waals surface area (Å²) >= 11 is 3.30. The minimum absolute atomic E-state index is 0.0313. The number of hydrogen-bond donors (Lipinski definition) is 1. The third-order valence-electron chi connectivity index (χ3n) is 2.81. The molecular formula is C10H15BrN4O2. The van der Waals surface area contributed by atoms with Gasteiger partial charge in [-0.2, -0.15) is 4.98 Å². The molecule has 1 saturated heterocycles. The largest absolute Gasteiger partial charge is 0.383 e. The SMILES string of the molecule is COC1CN(c2nc(N)cc(Br)n2)CC1OC. The van der Waals surface area contributed by atoms with E-state index >= 15 is 0 Å². The van der Waals surface area contributed by atoms with Crippen LogP contribution in [0.5, 0.6) is 0 Å². The van der Waals surface area contributed by atoms with E-state index < -0.39 is 0 Å². The minimum atomic E-state index is 0.0313. The fourth-order valence-corrected chi connectivity index (χ4v) is 2.32. The Labute approximate surface area is 108 Å². The van der Waals surface area contributed by atoms with Crippen LogP contribution in [0.1, 0.15) is 0 Å². The molecule has 7 heteroatoms. The van der Waals surface area contributed by atoms with E-state index in [0.717, 1.165) is 0 Å². The Morgan fingerprint density at radius 3 is 2.35 bits per heavy atom. The second kappa shape index (κ2) is 5.16. The summed E-state index contributed by atoms with van der Waals surface area (Å²) in [6, 6.07) is 1.67. The zero-order chi connectivity index (χ0) is 12.4. The molecule has 1 aromatic rings. The third kappa shape index (κ3) is 2.67. The van der Waals surface area contributed by atoms with E-state index in [1.165, 1.54) is 0 Å². The van der Waals surface area contributed by atoms with Crippen LogP contribution in [0.3, 0.4) is 0 Å². The maximum absolute atomic E-state index is 5.69. The summed E-state index contributed by atoms with van der Waals surface area (Å²) in [5, 5.41) is 0. The number of nitrogen functional groups attached to an aromatic ring is 1. The van der Waals surface area contributed by atoms with Crippen molar-refractivity contribution in [3.05, 3.63) is 10.7 Å². The Hall–Kier alpha value is -0.920. The molecule has 1 aromatic heterocycles. The number of rotatable bonds is 3. The molecule has 1 aliphatic rings. The summed E-state index contributed by atoms with van der Waals surface area (Å²) in [7, 11) is 3.35. The van der Waals surface area contributed by atoms with E-state index in [0.29, 0.717) is 29.5 Å². The summed E-state index contributed by atoms with van der Waals surface area (Å²) < 4.78 is 11.4. The van der Waals surface area contributed by atoms with Gasteiger partial charge in [-0.05, 0) is 15.9 Å². The van der Waals surface area contributed by atoms with Crippen molar-refractivity contribution in [1.82, 2.24) is 9.97 Å². The Bertz CT molecular complexity index is 372. The Morgan fingerprint density at radius 2 is 1.88 bits per heavy atom. The molecule has 0 aromatic carbocycles. The van der Waals surface area contributed by atoms with Gasteiger partial charge in [-0.1, -0.05) is 0 Å². The number of anilines is 2. The predicted molar refractivity (Wildman–Crippen MR) is 68.0 cm³/mol. The van der Waals surface area contributed by atoms with E-state index in [1.54, 1.807) is 20.3 Å². The van der Waals surface area contributed by atoms with Crippen molar-refractivity contribution in [3.63, 3.8) is 0 Å². The zero-order valence-corrected chi connectivity index (χ0v) is 11.3. The highest BCUT2D eigenvalue weighted by molar-refractivity contribution is 9.10. The highest BCUT2D eigenvalue weighted by Crippen LogP contribution is 2.22. The number of nitrogens with zero attached hydrogens (tertiary/aromatic N) is 3. The fraction of sp³-hybridized carbons (Fsp3) is 0.600. The second-order valence-electron chi connectivity index (χ2n) is 3.87. The number of hydrogen-bond acceptors (Lipinski definition) is 6. The van der Waals surface area contributed by atoms with Gasteiger partial charge in [-0.25, -0.2) is 4.98 Å². The summed E-state index contributed by atoms with van der Waals surface area (Å²) in [4.78, 5) is 10.5. The van der Waals surface area contributed by atoms with E-state index in [2.05, 4.69) is 25.9 Å². The van der Waals surface area contributed by atoms with Crippen LogP contribution in [0.4, 0.5) is 11.8 Å². The summed E-state index contributed by atoms with van der Waals surface area (Å²) in [5.41, 5.74) is 5.69. The number of nitrogens with two attached hydrogens (primary N) is 1. The monoisotopic (exact) mass is 302 g/mol. The maximum atomic E-state index is 5.69. The zero-order valence-electron chi connectivity index (χ0n) is 9.76. The van der Waals surface area contributed by atoms with E-state index in [4.69, 9.17) is 15.2 Å². The van der Waals surface area contributed by atoms with Gasteiger partial charge in [0, 0.05) is 33.4 Å². The van der Waals surface area contributed by atoms with Crippen molar-refractivity contribution in [1.29, 1.82) is 0 Å². The van der Waals surface area contributed by atoms with E-state index in [-0.39, 0.29) is 12.2 Å². The van der Waals surface area contributed by atoms with Gasteiger partial charge in [0.15, 0.2) is 0 Å². The van der Waals surface area contributed by atoms with Crippen molar-refractivity contribution in [3.8, 4) is 0 Å². The molecule has 2 N–H and O–H groups in total. The van der Waals surface area contributed by atoms with Crippen molar-refractivity contribution in [2.75, 3.05) is 37.9 Å². The van der Waals surface area contributed by atoms with E-state index in [9.17, 15) is 0 Å². The van der Waals surface area contributed by atoms with Gasteiger partial charge >= 0.3 is 0 Å². The smallest absolute Gasteiger partial charge is 0.228 e. The molecular weight excluding hydrogens is 288 g/mol. The van der Waals surface area contributed by atoms with Crippen LogP contribution in [0.2, 0.25) is 0 Å². The lowest BCUT2D eigenvalue weighted by molar-refractivity contribution is -0.00461. The molecule has 0 spiro atoms. The standard InChI is InChI=1S/C10H15BrN4O2/c1-16-6-4-15(5-7(6)17-2)10-13-8(11)3-9(12)14-10/h3,6-7H,4-5H2,1-2H3,(H2,12,13,14). The molecule has 17 heavy (non-hydrogen) atoms. The average molecular weight is 303 g/mol. The van der Waals surface area contributed by atoms with Crippen molar-refractivity contribution in [2.45, 2.75) is 12.2 Å². The summed E-state index contributed by atoms with van der Waals surface area (Å²) in [6.45, 7) is 1.40. The van der Waals surface area contributed by atoms with Gasteiger partial charge in [0.1, 0.15) is 22.6 Å². The normalized spacial score (nSPS) is 24.3. The molecule has 6 nitrogen and oxygen atoms in total. The van der Waals surface area contributed by atoms with Crippen LogP contribution in [-0.4, -0.2) is 49.5 Å². The number of methoxy groups -OCH3 is 2. The maximum Gasteiger partial charge on any atom is 0.228 e. The fourth-order valence-electron chi connectivity index (χ4n) is 1.92. The summed E-state index contributed by atoms with van der Waals surface area (Å²) in [6.07, 6.45) is 0.0626. The topological polar surface area (TPSA) is 73.5 Å². The van der Waals surface area contributed by atoms with Crippen LogP contribution in [-0.2, 0) is 9.47 Å². The van der Waals surface area contributed by atoms with E-state index in [1.807, 2.05) is 4.90 Å². The number of ether oxygens (including phenoxy) is 2. The molecule has 2 unspecified atom stereocenters. The number of halogens is 1. The molecule has 1 fully saturated rings. The molecule has 2 atom stereocenters. The first-order valence-electron chi connectivity index (χ1n) is 5.24. The van der Waals surface area contributed by atoms with Gasteiger partial charge < -0.3 is 20.1 Å². The predicted octanol–water partition coefficient (Wildman–Crippen LogP) is 0.671. The molecule has 0 radical (unpaired) electrons. The lowest BCUT2D eigenvalue weighted by Crippen LogP contribution is -2.27. The van der Waals surface area contributed by atoms with Crippen LogP contribution >= 0.6 is 15.9 Å². The van der Waals surface area contributed by atoms with Crippen LogP contribution in [0, 0.1) is 0 Å². The molecule has 0 bridgehead atoms. The van der Waals surface area contributed by atoms with Gasteiger partial charge in [0.25, 0.3) is 0 Å². The lowest BCUT2D eigenvalue weighted by atomic mass is 10.3. The summed E-state index contributed by atoms with van der Waals surface area (Å²) in [5.74, 6) is 1.04. The minimum Gasteiger partial charge on any atom is -0.383 e. The molecule has 0 amide bonds. The van der Waals surface area contributed by atoms with Gasteiger partial charge in [-0.15, -0.1) is 0 Å². The van der Waals surface area contributed by atoms with Crippen LogP contribution in [0.25, 0.3) is 0 Å². The van der Waals surface area contributed by atoms with Crippen molar-refractivity contribution in [2.24, 2.45) is 0 Å². The molecule has 94 valence electrons. The molecule has 2 heterocycles. The first-order chi connectivity index (χ1) is 8.13. The Kier molecular flexibility index (Phi) is 3.80. The Balaban J connectivity index is 2.18. The first-order valence-corrected chi connectivity index (χ1v) is 6.04. The van der Waals surface area contributed by atoms with Crippen molar-refractivity contribution >= 4 is 27.7 Å². The van der Waals surface area contributed by atoms with Crippen molar-refractivity contribution < 1.29 is 9.47 Å². The third-order valence-corrected chi connectivity index (χ3v) is 3.21.